The van der Waals surface area contributed by atoms with E-state index in [1.54, 1.807) is 43.6 Å². The molecule has 2 aromatic heterocycles. The number of Topliss-reactive ketones (excluding diaryl/α,β-unsaturated/α-hetero) is 1. The molecule has 0 saturated carbocycles. The molecule has 0 amide bonds. The highest BCUT2D eigenvalue weighted by molar-refractivity contribution is 6.32. The van der Waals surface area contributed by atoms with Crippen LogP contribution in [0.25, 0.3) is 11.3 Å². The van der Waals surface area contributed by atoms with Crippen molar-refractivity contribution < 1.29 is 4.79 Å². The Balaban J connectivity index is 1.47. The Morgan fingerprint density at radius 2 is 2.00 bits per heavy atom. The van der Waals surface area contributed by atoms with Gasteiger partial charge in [-0.2, -0.15) is 10.4 Å². The number of piperidine rings is 1. The number of anilines is 2. The highest BCUT2D eigenvalue weighted by Crippen LogP contribution is 2.28. The third kappa shape index (κ3) is 5.56. The van der Waals surface area contributed by atoms with Crippen LogP contribution in [0.4, 0.5) is 11.6 Å². The van der Waals surface area contributed by atoms with Gasteiger partial charge in [-0.3, -0.25) is 9.48 Å². The summed E-state index contributed by atoms with van der Waals surface area (Å²) in [6, 6.07) is 9.57. The Bertz CT molecular complexity index is 1160. The molecule has 1 aromatic carbocycles. The zero-order chi connectivity index (χ0) is 23.4. The van der Waals surface area contributed by atoms with Crippen molar-refractivity contribution in [3.63, 3.8) is 0 Å². The standard InChI is InChI=1S/C24H26ClN7O/c1-16(12-26)11-22(33)17-3-5-18(6-4-17)23-21(25)14-27-24(30-23)29-19-13-28-32(15-19)20-7-9-31(2)10-8-20/h3-6,13-16,20H,7-11H2,1-2H3,(H,27,29,30)/t16-/m1/s1. The summed E-state index contributed by atoms with van der Waals surface area (Å²) < 4.78 is 2.01. The molecule has 0 bridgehead atoms. The van der Waals surface area contributed by atoms with Gasteiger partial charge in [0.25, 0.3) is 0 Å². The molecule has 1 N–H and O–H groups in total. The van der Waals surface area contributed by atoms with E-state index in [2.05, 4.69) is 38.4 Å². The van der Waals surface area contributed by atoms with Crippen LogP contribution in [0, 0.1) is 17.2 Å². The van der Waals surface area contributed by atoms with Crippen LogP contribution in [0.2, 0.25) is 5.02 Å². The molecule has 3 aromatic rings. The number of hydrogen-bond acceptors (Lipinski definition) is 7. The summed E-state index contributed by atoms with van der Waals surface area (Å²) in [5.41, 5.74) is 2.72. The van der Waals surface area contributed by atoms with Crippen molar-refractivity contribution in [1.29, 1.82) is 5.26 Å². The number of rotatable bonds is 7. The van der Waals surface area contributed by atoms with Crippen LogP contribution in [0.3, 0.4) is 0 Å². The van der Waals surface area contributed by atoms with Crippen molar-refractivity contribution in [3.05, 3.63) is 53.4 Å². The lowest BCUT2D eigenvalue weighted by molar-refractivity contribution is 0.0973. The van der Waals surface area contributed by atoms with Crippen LogP contribution in [0.1, 0.15) is 42.6 Å². The van der Waals surface area contributed by atoms with Gasteiger partial charge in [-0.05, 0) is 39.9 Å². The first kappa shape index (κ1) is 22.9. The number of carbonyl (C=O) groups is 1. The molecule has 1 aliphatic heterocycles. The third-order valence-corrected chi connectivity index (χ3v) is 6.13. The van der Waals surface area contributed by atoms with E-state index in [9.17, 15) is 4.79 Å². The average molecular weight is 464 g/mol. The number of nitriles is 1. The van der Waals surface area contributed by atoms with E-state index in [1.165, 1.54) is 0 Å². The molecule has 3 heterocycles. The van der Waals surface area contributed by atoms with E-state index in [0.717, 1.165) is 37.2 Å². The molecular weight excluding hydrogens is 438 g/mol. The second kappa shape index (κ2) is 10.1. The van der Waals surface area contributed by atoms with Gasteiger partial charge in [-0.15, -0.1) is 0 Å². The van der Waals surface area contributed by atoms with E-state index < -0.39 is 0 Å². The van der Waals surface area contributed by atoms with Crippen molar-refractivity contribution in [1.82, 2.24) is 24.6 Å². The smallest absolute Gasteiger partial charge is 0.227 e. The molecule has 0 radical (unpaired) electrons. The molecule has 1 atom stereocenters. The molecule has 1 aliphatic rings. The average Bonchev–Trinajstić information content (AvgIpc) is 3.29. The fourth-order valence-corrected chi connectivity index (χ4v) is 4.08. The van der Waals surface area contributed by atoms with Crippen LogP contribution in [-0.2, 0) is 0 Å². The van der Waals surface area contributed by atoms with Gasteiger partial charge < -0.3 is 10.2 Å². The van der Waals surface area contributed by atoms with Crippen molar-refractivity contribution in [2.24, 2.45) is 5.92 Å². The van der Waals surface area contributed by atoms with Gasteiger partial charge in [0.15, 0.2) is 5.78 Å². The molecule has 1 saturated heterocycles. The van der Waals surface area contributed by atoms with Crippen LogP contribution in [0.5, 0.6) is 0 Å². The van der Waals surface area contributed by atoms with Gasteiger partial charge in [-0.25, -0.2) is 9.97 Å². The normalized spacial score (nSPS) is 15.7. The molecule has 9 heteroatoms. The Morgan fingerprint density at radius 3 is 2.70 bits per heavy atom. The predicted octanol–water partition coefficient (Wildman–Crippen LogP) is 4.74. The zero-order valence-electron chi connectivity index (χ0n) is 18.7. The number of likely N-dealkylation sites (tertiary alicyclic amines) is 1. The molecular formula is C24H26ClN7O. The van der Waals surface area contributed by atoms with Crippen molar-refractivity contribution in [3.8, 4) is 17.3 Å². The first-order chi connectivity index (χ1) is 15.9. The first-order valence-corrected chi connectivity index (χ1v) is 11.4. The summed E-state index contributed by atoms with van der Waals surface area (Å²) in [6.45, 7) is 3.87. The molecule has 1 fully saturated rings. The Kier molecular flexibility index (Phi) is 7.02. The predicted molar refractivity (Wildman–Crippen MR) is 127 cm³/mol. The van der Waals surface area contributed by atoms with E-state index in [1.807, 2.05) is 10.9 Å². The summed E-state index contributed by atoms with van der Waals surface area (Å²) >= 11 is 6.36. The second-order valence-corrected chi connectivity index (χ2v) is 8.90. The topological polar surface area (TPSA) is 99.7 Å². The number of ketones is 1. The van der Waals surface area contributed by atoms with Crippen molar-refractivity contribution in [2.75, 3.05) is 25.5 Å². The summed E-state index contributed by atoms with van der Waals surface area (Å²) in [7, 11) is 2.14. The van der Waals surface area contributed by atoms with Crippen LogP contribution in [0.15, 0.2) is 42.9 Å². The lowest BCUT2D eigenvalue weighted by Crippen LogP contribution is -2.31. The quantitative estimate of drug-likeness (QED) is 0.505. The minimum absolute atomic E-state index is 0.0617. The molecule has 4 rings (SSSR count). The second-order valence-electron chi connectivity index (χ2n) is 8.49. The van der Waals surface area contributed by atoms with E-state index in [4.69, 9.17) is 16.9 Å². The molecule has 0 aliphatic carbocycles. The highest BCUT2D eigenvalue weighted by Gasteiger charge is 2.19. The number of carbonyl (C=O) groups excluding carboxylic acids is 1. The van der Waals surface area contributed by atoms with E-state index >= 15 is 0 Å². The van der Waals surface area contributed by atoms with E-state index in [0.29, 0.717) is 28.3 Å². The lowest BCUT2D eigenvalue weighted by atomic mass is 9.99. The lowest BCUT2D eigenvalue weighted by Gasteiger charge is -2.28. The van der Waals surface area contributed by atoms with Crippen molar-refractivity contribution in [2.45, 2.75) is 32.2 Å². The SMILES string of the molecule is C[C@@H](C#N)CC(=O)c1ccc(-c2nc(Nc3cnn(C4CCN(C)CC4)c3)ncc2Cl)cc1. The largest absolute Gasteiger partial charge is 0.321 e. The van der Waals surface area contributed by atoms with Gasteiger partial charge in [0, 0.05) is 23.7 Å². The maximum atomic E-state index is 12.3. The summed E-state index contributed by atoms with van der Waals surface area (Å²) in [5.74, 6) is 0.0413. The number of hydrogen-bond donors (Lipinski definition) is 1. The molecule has 0 unspecified atom stereocenters. The van der Waals surface area contributed by atoms with Gasteiger partial charge in [0.1, 0.15) is 0 Å². The van der Waals surface area contributed by atoms with Gasteiger partial charge in [-0.1, -0.05) is 35.9 Å². The number of nitrogens with zero attached hydrogens (tertiary/aromatic N) is 6. The number of nitrogens with one attached hydrogen (secondary N) is 1. The maximum Gasteiger partial charge on any atom is 0.227 e. The third-order valence-electron chi connectivity index (χ3n) is 5.86. The minimum Gasteiger partial charge on any atom is -0.321 e. The molecule has 8 nitrogen and oxygen atoms in total. The molecule has 33 heavy (non-hydrogen) atoms. The van der Waals surface area contributed by atoms with Crippen molar-refractivity contribution >= 4 is 29.0 Å². The van der Waals surface area contributed by atoms with Crippen LogP contribution >= 0.6 is 11.6 Å². The van der Waals surface area contributed by atoms with Crippen LogP contribution in [-0.4, -0.2) is 50.6 Å². The Labute approximate surface area is 198 Å². The summed E-state index contributed by atoms with van der Waals surface area (Å²) in [4.78, 5) is 23.5. The fraction of sp³-hybridized carbons (Fsp3) is 0.375. The monoisotopic (exact) mass is 463 g/mol. The Morgan fingerprint density at radius 1 is 1.27 bits per heavy atom. The minimum atomic E-state index is -0.314. The van der Waals surface area contributed by atoms with Gasteiger partial charge >= 0.3 is 0 Å². The van der Waals surface area contributed by atoms with Gasteiger partial charge in [0.05, 0.1) is 46.8 Å². The van der Waals surface area contributed by atoms with Gasteiger partial charge in [0.2, 0.25) is 5.95 Å². The molecule has 170 valence electrons. The number of benzene rings is 1. The first-order valence-electron chi connectivity index (χ1n) is 11.0. The van der Waals surface area contributed by atoms with Crippen LogP contribution < -0.4 is 5.32 Å². The Hall–Kier alpha value is -3.28. The number of aromatic nitrogens is 4. The summed E-state index contributed by atoms with van der Waals surface area (Å²) in [5, 5.41) is 17.1. The fourth-order valence-electron chi connectivity index (χ4n) is 3.88. The number of halogens is 1. The zero-order valence-corrected chi connectivity index (χ0v) is 19.5. The highest BCUT2D eigenvalue weighted by atomic mass is 35.5. The maximum absolute atomic E-state index is 12.3. The summed E-state index contributed by atoms with van der Waals surface area (Å²) in [6.07, 6.45) is 7.67. The van der Waals surface area contributed by atoms with E-state index in [-0.39, 0.29) is 18.1 Å². The molecule has 0 spiro atoms.